The van der Waals surface area contributed by atoms with Crippen LogP contribution >= 0.6 is 0 Å². The van der Waals surface area contributed by atoms with Gasteiger partial charge in [-0.25, -0.2) is 0 Å². The summed E-state index contributed by atoms with van der Waals surface area (Å²) >= 11 is 0. The van der Waals surface area contributed by atoms with Gasteiger partial charge in [-0.2, -0.15) is 0 Å². The molecule has 0 spiro atoms. The molecule has 0 aromatic heterocycles. The van der Waals surface area contributed by atoms with Crippen molar-refractivity contribution in [3.05, 3.63) is 0 Å². The third-order valence-electron chi connectivity index (χ3n) is 2.57. The zero-order valence-corrected chi connectivity index (χ0v) is 8.05. The Balaban J connectivity index is 1.93. The smallest absolute Gasteiger partial charge is 0.0510 e. The van der Waals surface area contributed by atoms with Crippen LogP contribution < -0.4 is 0 Å². The van der Waals surface area contributed by atoms with Gasteiger partial charge in [0.15, 0.2) is 0 Å². The van der Waals surface area contributed by atoms with E-state index in [0.29, 0.717) is 5.92 Å². The van der Waals surface area contributed by atoms with Crippen LogP contribution in [0, 0.1) is 35.0 Å². The number of hydrogen-bond donors (Lipinski definition) is 0. The first-order valence-electron chi connectivity index (χ1n) is 4.68. The van der Waals surface area contributed by atoms with Gasteiger partial charge in [-0.05, 0) is 20.8 Å². The fraction of sp³-hybridized carbons (Fsp3) is 0.818. The maximum atomic E-state index is 5.30. The van der Waals surface area contributed by atoms with Gasteiger partial charge >= 0.3 is 0 Å². The molecule has 1 aliphatic carbocycles. The van der Waals surface area contributed by atoms with Gasteiger partial charge in [0.2, 0.25) is 0 Å². The normalized spacial score (nSPS) is 38.4. The Morgan fingerprint density at radius 1 is 1.17 bits per heavy atom. The van der Waals surface area contributed by atoms with E-state index in [1.54, 1.807) is 0 Å². The fourth-order valence-electron chi connectivity index (χ4n) is 1.75. The maximum Gasteiger partial charge on any atom is 0.0510 e. The lowest BCUT2D eigenvalue weighted by atomic mass is 9.97. The summed E-state index contributed by atoms with van der Waals surface area (Å²) in [6.07, 6.45) is 0. The standard InChI is InChI=1S/C11H16O/c1-11(2,3)5-4-8-9-6-12-7-10(8)9/h8-10H,6-7H2,1-3H3/t8-,9-,10+. The minimum atomic E-state index is 0.164. The van der Waals surface area contributed by atoms with Gasteiger partial charge in [0.25, 0.3) is 0 Å². The molecule has 0 amide bonds. The van der Waals surface area contributed by atoms with Crippen molar-refractivity contribution in [2.24, 2.45) is 23.2 Å². The predicted octanol–water partition coefficient (Wildman–Crippen LogP) is 1.93. The van der Waals surface area contributed by atoms with Gasteiger partial charge in [-0.15, -0.1) is 0 Å². The number of fused-ring (bicyclic) bond motifs is 1. The van der Waals surface area contributed by atoms with Crippen LogP contribution in [0.25, 0.3) is 0 Å². The summed E-state index contributed by atoms with van der Waals surface area (Å²) in [5.74, 6) is 8.90. The lowest BCUT2D eigenvalue weighted by molar-refractivity contribution is 0.158. The Hall–Kier alpha value is -0.480. The summed E-state index contributed by atoms with van der Waals surface area (Å²) in [5, 5.41) is 0. The van der Waals surface area contributed by atoms with Crippen molar-refractivity contribution in [3.8, 4) is 11.8 Å². The molecule has 2 aliphatic rings. The van der Waals surface area contributed by atoms with Crippen LogP contribution in [-0.4, -0.2) is 13.2 Å². The van der Waals surface area contributed by atoms with Crippen molar-refractivity contribution < 1.29 is 4.74 Å². The molecular weight excluding hydrogens is 148 g/mol. The van der Waals surface area contributed by atoms with Gasteiger partial charge < -0.3 is 4.74 Å². The molecule has 1 saturated heterocycles. The summed E-state index contributed by atoms with van der Waals surface area (Å²) in [6, 6.07) is 0. The largest absolute Gasteiger partial charge is 0.381 e. The zero-order valence-electron chi connectivity index (χ0n) is 8.05. The topological polar surface area (TPSA) is 9.23 Å². The second-order valence-electron chi connectivity index (χ2n) is 4.91. The van der Waals surface area contributed by atoms with Crippen molar-refractivity contribution in [2.45, 2.75) is 20.8 Å². The molecule has 12 heavy (non-hydrogen) atoms. The molecule has 2 fully saturated rings. The zero-order chi connectivity index (χ0) is 8.77. The Morgan fingerprint density at radius 3 is 2.25 bits per heavy atom. The first kappa shape index (κ1) is 8.13. The lowest BCUT2D eigenvalue weighted by Crippen LogP contribution is -2.01. The Morgan fingerprint density at radius 2 is 1.75 bits per heavy atom. The second kappa shape index (κ2) is 2.50. The van der Waals surface area contributed by atoms with Crippen LogP contribution in [0.4, 0.5) is 0 Å². The molecule has 0 unspecified atom stereocenters. The second-order valence-corrected chi connectivity index (χ2v) is 4.91. The fourth-order valence-corrected chi connectivity index (χ4v) is 1.75. The SMILES string of the molecule is CC(C)(C)C#C[C@@H]1[C@H]2COC[C@@H]12. The number of rotatable bonds is 0. The molecule has 2 rings (SSSR count). The summed E-state index contributed by atoms with van der Waals surface area (Å²) in [5.41, 5.74) is 0.164. The average Bonchev–Trinajstić information content (AvgIpc) is 2.41. The van der Waals surface area contributed by atoms with Gasteiger partial charge in [0, 0.05) is 23.2 Å². The van der Waals surface area contributed by atoms with E-state index in [0.717, 1.165) is 25.0 Å². The monoisotopic (exact) mass is 164 g/mol. The molecule has 1 heteroatoms. The molecule has 0 bridgehead atoms. The molecule has 3 atom stereocenters. The molecule has 1 nitrogen and oxygen atoms in total. The van der Waals surface area contributed by atoms with Crippen LogP contribution in [0.5, 0.6) is 0 Å². The maximum absolute atomic E-state index is 5.30. The summed E-state index contributed by atoms with van der Waals surface area (Å²) in [7, 11) is 0. The van der Waals surface area contributed by atoms with E-state index in [2.05, 4.69) is 32.6 Å². The van der Waals surface area contributed by atoms with E-state index in [1.165, 1.54) is 0 Å². The number of hydrogen-bond acceptors (Lipinski definition) is 1. The highest BCUT2D eigenvalue weighted by Gasteiger charge is 2.53. The average molecular weight is 164 g/mol. The third kappa shape index (κ3) is 1.49. The lowest BCUT2D eigenvalue weighted by Gasteiger charge is -2.07. The van der Waals surface area contributed by atoms with Gasteiger partial charge in [0.1, 0.15) is 0 Å². The molecule has 66 valence electrons. The first-order chi connectivity index (χ1) is 5.58. The summed E-state index contributed by atoms with van der Waals surface area (Å²) in [4.78, 5) is 0. The van der Waals surface area contributed by atoms with E-state index < -0.39 is 0 Å². The van der Waals surface area contributed by atoms with Crippen LogP contribution in [0.1, 0.15) is 20.8 Å². The van der Waals surface area contributed by atoms with Crippen molar-refractivity contribution in [2.75, 3.05) is 13.2 Å². The van der Waals surface area contributed by atoms with Crippen molar-refractivity contribution in [1.29, 1.82) is 0 Å². The van der Waals surface area contributed by atoms with E-state index in [1.807, 2.05) is 0 Å². The highest BCUT2D eigenvalue weighted by Crippen LogP contribution is 2.50. The molecule has 0 radical (unpaired) electrons. The molecule has 0 aromatic carbocycles. The minimum Gasteiger partial charge on any atom is -0.381 e. The molecule has 0 N–H and O–H groups in total. The van der Waals surface area contributed by atoms with Crippen LogP contribution in [0.2, 0.25) is 0 Å². The Labute approximate surface area is 74.5 Å². The summed E-state index contributed by atoms with van der Waals surface area (Å²) in [6.45, 7) is 8.39. The summed E-state index contributed by atoms with van der Waals surface area (Å²) < 4.78 is 5.30. The molecule has 1 saturated carbocycles. The Kier molecular flexibility index (Phi) is 1.70. The number of ether oxygens (including phenoxy) is 1. The van der Waals surface area contributed by atoms with Crippen molar-refractivity contribution >= 4 is 0 Å². The molecular formula is C11H16O. The highest BCUT2D eigenvalue weighted by molar-refractivity contribution is 5.21. The third-order valence-corrected chi connectivity index (χ3v) is 2.57. The molecule has 1 heterocycles. The van der Waals surface area contributed by atoms with Crippen molar-refractivity contribution in [3.63, 3.8) is 0 Å². The molecule has 0 aromatic rings. The van der Waals surface area contributed by atoms with Crippen molar-refractivity contribution in [1.82, 2.24) is 0 Å². The van der Waals surface area contributed by atoms with E-state index in [4.69, 9.17) is 4.74 Å². The van der Waals surface area contributed by atoms with E-state index >= 15 is 0 Å². The van der Waals surface area contributed by atoms with Crippen LogP contribution in [0.15, 0.2) is 0 Å². The first-order valence-corrected chi connectivity index (χ1v) is 4.68. The van der Waals surface area contributed by atoms with E-state index in [9.17, 15) is 0 Å². The van der Waals surface area contributed by atoms with Gasteiger partial charge in [0.05, 0.1) is 13.2 Å². The van der Waals surface area contributed by atoms with Gasteiger partial charge in [-0.1, -0.05) is 11.8 Å². The van der Waals surface area contributed by atoms with Gasteiger partial charge in [-0.3, -0.25) is 0 Å². The molecule has 1 aliphatic heterocycles. The van der Waals surface area contributed by atoms with Crippen LogP contribution in [0.3, 0.4) is 0 Å². The van der Waals surface area contributed by atoms with Crippen LogP contribution in [-0.2, 0) is 4.74 Å². The minimum absolute atomic E-state index is 0.164. The highest BCUT2D eigenvalue weighted by atomic mass is 16.5. The van der Waals surface area contributed by atoms with E-state index in [-0.39, 0.29) is 5.41 Å². The quantitative estimate of drug-likeness (QED) is 0.497. The Bertz CT molecular complexity index is 228. The predicted molar refractivity (Wildman–Crippen MR) is 48.5 cm³/mol.